The van der Waals surface area contributed by atoms with Crippen LogP contribution in [0.5, 0.6) is 0 Å². The molecule has 0 aliphatic rings. The Labute approximate surface area is 73.5 Å². The lowest BCUT2D eigenvalue weighted by Crippen LogP contribution is -2.11. The maximum absolute atomic E-state index is 10.3. The van der Waals surface area contributed by atoms with Crippen LogP contribution in [0.3, 0.4) is 0 Å². The Morgan fingerprint density at radius 3 is 2.91 bits per heavy atom. The summed E-state index contributed by atoms with van der Waals surface area (Å²) < 4.78 is 0. The summed E-state index contributed by atoms with van der Waals surface area (Å²) in [5.41, 5.74) is 0. The highest BCUT2D eigenvalue weighted by molar-refractivity contribution is 7.82. The van der Waals surface area contributed by atoms with Gasteiger partial charge >= 0.3 is 5.97 Å². The lowest BCUT2D eigenvalue weighted by molar-refractivity contribution is -0.129. The maximum Gasteiger partial charge on any atom is 0.342 e. The fourth-order valence-electron chi connectivity index (χ4n) is 0.647. The Morgan fingerprint density at radius 2 is 2.45 bits per heavy atom. The number of hydrogen-bond donors (Lipinski definition) is 1. The zero-order valence-electron chi connectivity index (χ0n) is 5.61. The Balaban J connectivity index is 2.57. The van der Waals surface area contributed by atoms with Gasteiger partial charge in [0.25, 0.3) is 0 Å². The lowest BCUT2D eigenvalue weighted by atomic mass is 10.3. The predicted molar refractivity (Wildman–Crippen MR) is 48.3 cm³/mol. The monoisotopic (exact) mass is 186 g/mol. The standard InChI is InChI=1S/C7H6O2S2/c8-7(9)6(10)4-5-2-1-3-11-5/h1-3H,4H2,(H,8,9). The summed E-state index contributed by atoms with van der Waals surface area (Å²) in [5.74, 6) is -0.992. The Bertz CT molecular complexity index is 264. The van der Waals surface area contributed by atoms with Gasteiger partial charge in [-0.25, -0.2) is 4.79 Å². The van der Waals surface area contributed by atoms with Crippen molar-refractivity contribution in [3.63, 3.8) is 0 Å². The largest absolute Gasteiger partial charge is 0.477 e. The molecule has 11 heavy (non-hydrogen) atoms. The molecule has 1 aromatic heterocycles. The van der Waals surface area contributed by atoms with Crippen LogP contribution < -0.4 is 0 Å². The quantitative estimate of drug-likeness (QED) is 0.731. The van der Waals surface area contributed by atoms with E-state index in [4.69, 9.17) is 5.11 Å². The molecule has 4 heteroatoms. The summed E-state index contributed by atoms with van der Waals surface area (Å²) in [7, 11) is 0. The minimum atomic E-state index is -0.992. The third-order valence-corrected chi connectivity index (χ3v) is 2.35. The average molecular weight is 186 g/mol. The van der Waals surface area contributed by atoms with Gasteiger partial charge in [0.15, 0.2) is 0 Å². The van der Waals surface area contributed by atoms with Crippen LogP contribution in [-0.4, -0.2) is 15.9 Å². The van der Waals surface area contributed by atoms with Crippen LogP contribution in [0.25, 0.3) is 0 Å². The highest BCUT2D eigenvalue weighted by atomic mass is 32.1. The molecule has 58 valence electrons. The van der Waals surface area contributed by atoms with Crippen molar-refractivity contribution in [2.24, 2.45) is 0 Å². The van der Waals surface area contributed by atoms with Crippen molar-refractivity contribution in [1.29, 1.82) is 0 Å². The Hall–Kier alpha value is -0.740. The molecule has 2 nitrogen and oxygen atoms in total. The van der Waals surface area contributed by atoms with E-state index in [0.717, 1.165) is 4.88 Å². The number of rotatable bonds is 3. The van der Waals surface area contributed by atoms with Gasteiger partial charge in [-0.05, 0) is 11.4 Å². The van der Waals surface area contributed by atoms with Gasteiger partial charge in [0.2, 0.25) is 0 Å². The van der Waals surface area contributed by atoms with E-state index in [0.29, 0.717) is 6.42 Å². The van der Waals surface area contributed by atoms with Crippen molar-refractivity contribution in [2.75, 3.05) is 0 Å². The summed E-state index contributed by atoms with van der Waals surface area (Å²) in [6.07, 6.45) is 0.377. The molecule has 0 fully saturated rings. The Morgan fingerprint density at radius 1 is 1.73 bits per heavy atom. The van der Waals surface area contributed by atoms with Gasteiger partial charge in [-0.3, -0.25) is 0 Å². The molecular formula is C7H6O2S2. The molecule has 0 radical (unpaired) electrons. The van der Waals surface area contributed by atoms with Gasteiger partial charge in [-0.1, -0.05) is 18.3 Å². The molecule has 0 aromatic carbocycles. The third kappa shape index (κ3) is 2.40. The maximum atomic E-state index is 10.3. The van der Waals surface area contributed by atoms with Gasteiger partial charge in [-0.2, -0.15) is 0 Å². The van der Waals surface area contributed by atoms with Gasteiger partial charge in [0.05, 0.1) is 0 Å². The molecule has 0 atom stereocenters. The van der Waals surface area contributed by atoms with Crippen LogP contribution in [0.1, 0.15) is 4.88 Å². The molecule has 0 spiro atoms. The Kier molecular flexibility index (Phi) is 2.73. The second-order valence-electron chi connectivity index (χ2n) is 1.98. The molecule has 1 rings (SSSR count). The fourth-order valence-corrected chi connectivity index (χ4v) is 1.61. The van der Waals surface area contributed by atoms with Crippen LogP contribution >= 0.6 is 23.6 Å². The molecule has 1 aromatic rings. The first-order valence-corrected chi connectivity index (χ1v) is 4.27. The van der Waals surface area contributed by atoms with Crippen LogP contribution in [0.15, 0.2) is 17.5 Å². The number of hydrogen-bond acceptors (Lipinski definition) is 3. The highest BCUT2D eigenvalue weighted by Gasteiger charge is 2.06. The van der Waals surface area contributed by atoms with E-state index in [1.54, 1.807) is 0 Å². The zero-order chi connectivity index (χ0) is 8.27. The van der Waals surface area contributed by atoms with Crippen LogP contribution in [0.4, 0.5) is 0 Å². The molecule has 0 unspecified atom stereocenters. The summed E-state index contributed by atoms with van der Waals surface area (Å²) in [6.45, 7) is 0. The van der Waals surface area contributed by atoms with Crippen molar-refractivity contribution in [2.45, 2.75) is 6.42 Å². The second kappa shape index (κ2) is 3.59. The third-order valence-electron chi connectivity index (χ3n) is 1.15. The molecule has 1 N–H and O–H groups in total. The van der Waals surface area contributed by atoms with E-state index in [1.165, 1.54) is 11.3 Å². The topological polar surface area (TPSA) is 37.3 Å². The van der Waals surface area contributed by atoms with Crippen molar-refractivity contribution in [1.82, 2.24) is 0 Å². The first kappa shape index (κ1) is 8.36. The first-order chi connectivity index (χ1) is 5.20. The van der Waals surface area contributed by atoms with E-state index in [2.05, 4.69) is 12.2 Å². The summed E-state index contributed by atoms with van der Waals surface area (Å²) in [4.78, 5) is 11.4. The normalized spacial score (nSPS) is 9.45. The minimum absolute atomic E-state index is 0.0763. The average Bonchev–Trinajstić information content (AvgIpc) is 2.39. The van der Waals surface area contributed by atoms with E-state index in [-0.39, 0.29) is 4.86 Å². The summed E-state index contributed by atoms with van der Waals surface area (Å²) in [5, 5.41) is 10.3. The van der Waals surface area contributed by atoms with Crippen molar-refractivity contribution < 1.29 is 9.90 Å². The SMILES string of the molecule is O=C(O)C(=S)Cc1cccs1. The van der Waals surface area contributed by atoms with Gasteiger partial charge in [-0.15, -0.1) is 11.3 Å². The molecule has 0 aliphatic carbocycles. The molecule has 1 heterocycles. The van der Waals surface area contributed by atoms with Crippen LogP contribution in [-0.2, 0) is 11.2 Å². The predicted octanol–water partition coefficient (Wildman–Crippen LogP) is 1.75. The number of carbonyl (C=O) groups is 1. The highest BCUT2D eigenvalue weighted by Crippen LogP contribution is 2.09. The van der Waals surface area contributed by atoms with E-state index in [1.807, 2.05) is 17.5 Å². The van der Waals surface area contributed by atoms with Crippen molar-refractivity contribution in [3.05, 3.63) is 22.4 Å². The number of carboxylic acid groups (broad SMARTS) is 1. The lowest BCUT2D eigenvalue weighted by Gasteiger charge is -1.92. The van der Waals surface area contributed by atoms with Crippen LogP contribution in [0.2, 0.25) is 0 Å². The van der Waals surface area contributed by atoms with E-state index in [9.17, 15) is 4.79 Å². The second-order valence-corrected chi connectivity index (χ2v) is 3.51. The van der Waals surface area contributed by atoms with E-state index >= 15 is 0 Å². The summed E-state index contributed by atoms with van der Waals surface area (Å²) >= 11 is 6.15. The smallest absolute Gasteiger partial charge is 0.342 e. The molecule has 0 saturated carbocycles. The van der Waals surface area contributed by atoms with Crippen molar-refractivity contribution >= 4 is 34.4 Å². The fraction of sp³-hybridized carbons (Fsp3) is 0.143. The van der Waals surface area contributed by atoms with Crippen molar-refractivity contribution in [3.8, 4) is 0 Å². The van der Waals surface area contributed by atoms with Crippen LogP contribution in [0, 0.1) is 0 Å². The molecule has 0 aliphatic heterocycles. The first-order valence-electron chi connectivity index (χ1n) is 2.98. The number of thiocarbonyl (C=S) groups is 1. The minimum Gasteiger partial charge on any atom is -0.477 e. The molecule has 0 bridgehead atoms. The number of thiophene rings is 1. The molecule has 0 saturated heterocycles. The van der Waals surface area contributed by atoms with Gasteiger partial charge in [0, 0.05) is 11.3 Å². The zero-order valence-corrected chi connectivity index (χ0v) is 7.24. The van der Waals surface area contributed by atoms with E-state index < -0.39 is 5.97 Å². The number of aliphatic carboxylic acids is 1. The van der Waals surface area contributed by atoms with Gasteiger partial charge in [0.1, 0.15) is 4.86 Å². The summed E-state index contributed by atoms with van der Waals surface area (Å²) in [6, 6.07) is 3.75. The molecule has 0 amide bonds. The molecular weight excluding hydrogens is 180 g/mol. The number of carboxylic acids is 1. The van der Waals surface area contributed by atoms with Gasteiger partial charge < -0.3 is 5.11 Å².